The Bertz CT molecular complexity index is 511. The van der Waals surface area contributed by atoms with Crippen LogP contribution in [0.4, 0.5) is 19.3 Å². The summed E-state index contributed by atoms with van der Waals surface area (Å²) < 4.78 is 26.6. The number of urea groups is 1. The van der Waals surface area contributed by atoms with E-state index in [0.717, 1.165) is 31.7 Å². The molecule has 0 spiro atoms. The molecule has 0 saturated heterocycles. The Morgan fingerprint density at radius 3 is 2.64 bits per heavy atom. The van der Waals surface area contributed by atoms with Crippen molar-refractivity contribution in [3.63, 3.8) is 0 Å². The lowest BCUT2D eigenvalue weighted by Gasteiger charge is -2.37. The highest BCUT2D eigenvalue weighted by atomic mass is 19.2. The van der Waals surface area contributed by atoms with Crippen molar-refractivity contribution < 1.29 is 18.7 Å². The molecule has 1 aliphatic rings. The molecule has 122 valence electrons. The van der Waals surface area contributed by atoms with Crippen molar-refractivity contribution in [2.24, 2.45) is 5.41 Å². The molecule has 0 bridgehead atoms. The fourth-order valence-electron chi connectivity index (χ4n) is 3.09. The Kier molecular flexibility index (Phi) is 5.71. The monoisotopic (exact) mass is 312 g/mol. The van der Waals surface area contributed by atoms with Gasteiger partial charge >= 0.3 is 6.03 Å². The molecule has 2 rings (SSSR count). The van der Waals surface area contributed by atoms with Crippen LogP contribution in [0.25, 0.3) is 0 Å². The number of aliphatic hydroxyl groups is 1. The molecular formula is C16H22F2N2O2. The van der Waals surface area contributed by atoms with Crippen molar-refractivity contribution in [1.82, 2.24) is 5.32 Å². The van der Waals surface area contributed by atoms with Crippen LogP contribution in [-0.4, -0.2) is 24.3 Å². The van der Waals surface area contributed by atoms with Gasteiger partial charge in [-0.1, -0.05) is 25.3 Å². The van der Waals surface area contributed by atoms with Gasteiger partial charge in [0.15, 0.2) is 11.6 Å². The van der Waals surface area contributed by atoms with Gasteiger partial charge in [0.2, 0.25) is 0 Å². The highest BCUT2D eigenvalue weighted by Gasteiger charge is 2.31. The zero-order valence-corrected chi connectivity index (χ0v) is 12.5. The average Bonchev–Trinajstić information content (AvgIpc) is 2.51. The standard InChI is InChI=1S/C16H22F2N2O2/c17-12-5-4-6-13(14(12)18)20-15(22)19-11-16(9-10-21)7-2-1-3-8-16/h4-6,21H,1-3,7-11H2,(H2,19,20,22). The Morgan fingerprint density at radius 1 is 1.23 bits per heavy atom. The van der Waals surface area contributed by atoms with Crippen molar-refractivity contribution in [3.05, 3.63) is 29.8 Å². The van der Waals surface area contributed by atoms with E-state index in [1.165, 1.54) is 18.6 Å². The number of benzene rings is 1. The highest BCUT2D eigenvalue weighted by Crippen LogP contribution is 2.38. The first kappa shape index (κ1) is 16.7. The number of halogens is 2. The summed E-state index contributed by atoms with van der Waals surface area (Å²) >= 11 is 0. The minimum absolute atomic E-state index is 0.0851. The zero-order valence-electron chi connectivity index (χ0n) is 12.5. The summed E-state index contributed by atoms with van der Waals surface area (Å²) in [6, 6.07) is 3.08. The summed E-state index contributed by atoms with van der Waals surface area (Å²) in [6.45, 7) is 0.512. The van der Waals surface area contributed by atoms with Crippen LogP contribution in [0, 0.1) is 17.0 Å². The molecule has 1 aliphatic carbocycles. The van der Waals surface area contributed by atoms with Crippen LogP contribution in [0.15, 0.2) is 18.2 Å². The third-order valence-electron chi connectivity index (χ3n) is 4.38. The van der Waals surface area contributed by atoms with E-state index in [9.17, 15) is 18.7 Å². The summed E-state index contributed by atoms with van der Waals surface area (Å²) in [7, 11) is 0. The fourth-order valence-corrected chi connectivity index (χ4v) is 3.09. The molecule has 1 aromatic carbocycles. The van der Waals surface area contributed by atoms with E-state index in [4.69, 9.17) is 0 Å². The molecule has 0 aliphatic heterocycles. The Labute approximate surface area is 128 Å². The first-order valence-corrected chi connectivity index (χ1v) is 7.66. The molecule has 3 N–H and O–H groups in total. The first-order chi connectivity index (χ1) is 10.6. The smallest absolute Gasteiger partial charge is 0.319 e. The molecule has 1 saturated carbocycles. The summed E-state index contributed by atoms with van der Waals surface area (Å²) in [6.07, 6.45) is 5.91. The van der Waals surface area contributed by atoms with Crippen molar-refractivity contribution in [1.29, 1.82) is 0 Å². The lowest BCUT2D eigenvalue weighted by Crippen LogP contribution is -2.41. The number of amides is 2. The molecule has 4 nitrogen and oxygen atoms in total. The van der Waals surface area contributed by atoms with E-state index in [0.29, 0.717) is 13.0 Å². The van der Waals surface area contributed by atoms with Crippen molar-refractivity contribution in [2.45, 2.75) is 38.5 Å². The Hall–Kier alpha value is -1.69. The van der Waals surface area contributed by atoms with Gasteiger partial charge in [0.25, 0.3) is 0 Å². The lowest BCUT2D eigenvalue weighted by molar-refractivity contribution is 0.128. The minimum atomic E-state index is -1.07. The number of hydrogen-bond donors (Lipinski definition) is 3. The van der Waals surface area contributed by atoms with E-state index >= 15 is 0 Å². The number of nitrogens with one attached hydrogen (secondary N) is 2. The van der Waals surface area contributed by atoms with Crippen LogP contribution in [0.2, 0.25) is 0 Å². The molecule has 0 heterocycles. The summed E-state index contributed by atoms with van der Waals surface area (Å²) in [4.78, 5) is 11.9. The van der Waals surface area contributed by atoms with Gasteiger partial charge < -0.3 is 15.7 Å². The molecule has 0 unspecified atom stereocenters. The van der Waals surface area contributed by atoms with Gasteiger partial charge in [-0.2, -0.15) is 0 Å². The molecular weight excluding hydrogens is 290 g/mol. The SMILES string of the molecule is O=C(NCC1(CCO)CCCCC1)Nc1cccc(F)c1F. The second kappa shape index (κ2) is 7.54. The maximum absolute atomic E-state index is 13.5. The summed E-state index contributed by atoms with van der Waals surface area (Å²) in [5.41, 5.74) is -0.275. The van der Waals surface area contributed by atoms with E-state index in [1.807, 2.05) is 0 Å². The first-order valence-electron chi connectivity index (χ1n) is 7.66. The number of anilines is 1. The van der Waals surface area contributed by atoms with E-state index in [2.05, 4.69) is 10.6 Å². The lowest BCUT2D eigenvalue weighted by atomic mass is 9.72. The molecule has 0 radical (unpaired) electrons. The number of carbonyl (C=O) groups is 1. The second-order valence-corrected chi connectivity index (χ2v) is 5.94. The van der Waals surface area contributed by atoms with Gasteiger partial charge in [0.05, 0.1) is 5.69 Å². The number of rotatable bonds is 5. The van der Waals surface area contributed by atoms with Gasteiger partial charge in [-0.25, -0.2) is 13.6 Å². The topological polar surface area (TPSA) is 61.4 Å². The normalized spacial score (nSPS) is 17.0. The van der Waals surface area contributed by atoms with Gasteiger partial charge in [0.1, 0.15) is 0 Å². The molecule has 1 fully saturated rings. The Balaban J connectivity index is 1.92. The van der Waals surface area contributed by atoms with Crippen LogP contribution in [-0.2, 0) is 0 Å². The van der Waals surface area contributed by atoms with Gasteiger partial charge in [-0.3, -0.25) is 0 Å². The third-order valence-corrected chi connectivity index (χ3v) is 4.38. The van der Waals surface area contributed by atoms with Crippen molar-refractivity contribution in [2.75, 3.05) is 18.5 Å². The van der Waals surface area contributed by atoms with Crippen LogP contribution in [0.5, 0.6) is 0 Å². The predicted octanol–water partition coefficient (Wildman–Crippen LogP) is 3.42. The van der Waals surface area contributed by atoms with Crippen LogP contribution < -0.4 is 10.6 Å². The summed E-state index contributed by atoms with van der Waals surface area (Å²) in [5.74, 6) is -2.07. The zero-order chi connectivity index (χ0) is 16.0. The largest absolute Gasteiger partial charge is 0.396 e. The fraction of sp³-hybridized carbons (Fsp3) is 0.562. The average molecular weight is 312 g/mol. The number of aliphatic hydroxyl groups excluding tert-OH is 1. The van der Waals surface area contributed by atoms with Crippen molar-refractivity contribution >= 4 is 11.7 Å². The quantitative estimate of drug-likeness (QED) is 0.780. The molecule has 0 aromatic heterocycles. The number of hydrogen-bond acceptors (Lipinski definition) is 2. The van der Waals surface area contributed by atoms with Crippen LogP contribution in [0.1, 0.15) is 38.5 Å². The maximum Gasteiger partial charge on any atom is 0.319 e. The van der Waals surface area contributed by atoms with Crippen LogP contribution >= 0.6 is 0 Å². The third kappa shape index (κ3) is 4.16. The second-order valence-electron chi connectivity index (χ2n) is 5.94. The van der Waals surface area contributed by atoms with Gasteiger partial charge in [0, 0.05) is 13.2 Å². The van der Waals surface area contributed by atoms with Crippen molar-refractivity contribution in [3.8, 4) is 0 Å². The molecule has 0 atom stereocenters. The van der Waals surface area contributed by atoms with Gasteiger partial charge in [-0.15, -0.1) is 0 Å². The van der Waals surface area contributed by atoms with E-state index in [1.54, 1.807) is 0 Å². The maximum atomic E-state index is 13.5. The number of carbonyl (C=O) groups excluding carboxylic acids is 1. The van der Waals surface area contributed by atoms with E-state index < -0.39 is 17.7 Å². The summed E-state index contributed by atoms with van der Waals surface area (Å²) in [5, 5.41) is 14.3. The highest BCUT2D eigenvalue weighted by molar-refractivity contribution is 5.89. The predicted molar refractivity (Wildman–Crippen MR) is 80.6 cm³/mol. The van der Waals surface area contributed by atoms with Gasteiger partial charge in [-0.05, 0) is 36.8 Å². The minimum Gasteiger partial charge on any atom is -0.396 e. The molecule has 22 heavy (non-hydrogen) atoms. The molecule has 1 aromatic rings. The Morgan fingerprint density at radius 2 is 1.95 bits per heavy atom. The molecule has 2 amide bonds. The molecule has 6 heteroatoms. The van der Waals surface area contributed by atoms with Crippen LogP contribution in [0.3, 0.4) is 0 Å². The van der Waals surface area contributed by atoms with E-state index in [-0.39, 0.29) is 17.7 Å².